The number of anilines is 1. The third-order valence-electron chi connectivity index (χ3n) is 2.99. The lowest BCUT2D eigenvalue weighted by molar-refractivity contribution is -0.695. The molecule has 0 aliphatic carbocycles. The summed E-state index contributed by atoms with van der Waals surface area (Å²) in [5.74, 6) is -1.98. The first kappa shape index (κ1) is 17.5. The quantitative estimate of drug-likeness (QED) is 0.348. The maximum absolute atomic E-state index is 11.9. The third-order valence-corrected chi connectivity index (χ3v) is 2.99. The fourth-order valence-electron chi connectivity index (χ4n) is 1.88. The van der Waals surface area contributed by atoms with Crippen molar-refractivity contribution in [2.24, 2.45) is 0 Å². The molecule has 1 atom stereocenters. The number of aryl methyl sites for hydroxylation is 1. The molecule has 0 heterocycles. The number of carboxylic acid groups (broad SMARTS) is 1. The van der Waals surface area contributed by atoms with E-state index in [2.05, 4.69) is 11.1 Å². The molecular weight excluding hydrogens is 292 g/mol. The first-order valence-corrected chi connectivity index (χ1v) is 6.73. The van der Waals surface area contributed by atoms with Crippen LogP contribution in [0.2, 0.25) is 0 Å². The molecule has 0 radical (unpaired) electrons. The highest BCUT2D eigenvalue weighted by Gasteiger charge is 2.21. The molecule has 0 aliphatic heterocycles. The summed E-state index contributed by atoms with van der Waals surface area (Å²) in [6.45, 7) is 2.64. The molecule has 0 saturated heterocycles. The zero-order chi connectivity index (χ0) is 16.7. The van der Waals surface area contributed by atoms with Crippen LogP contribution in [-0.4, -0.2) is 35.9 Å². The molecule has 1 aromatic carbocycles. The molecule has 0 fully saturated rings. The summed E-state index contributed by atoms with van der Waals surface area (Å²) in [7, 11) is 0. The van der Waals surface area contributed by atoms with Gasteiger partial charge in [-0.1, -0.05) is 6.07 Å². The minimum absolute atomic E-state index is 0.0369. The lowest BCUT2D eigenvalue weighted by Crippen LogP contribution is -2.95. The lowest BCUT2D eigenvalue weighted by Gasteiger charge is -2.15. The fraction of sp³-hybridized carbons (Fsp3) is 0.385. The Morgan fingerprint density at radius 1 is 1.45 bits per heavy atom. The van der Waals surface area contributed by atoms with Crippen LogP contribution < -0.4 is 21.5 Å². The summed E-state index contributed by atoms with van der Waals surface area (Å²) in [6, 6.07) is 3.32. The van der Waals surface area contributed by atoms with E-state index in [1.54, 1.807) is 13.0 Å². The Morgan fingerprint density at radius 3 is 2.68 bits per heavy atom. The normalized spacial score (nSPS) is 11.7. The summed E-state index contributed by atoms with van der Waals surface area (Å²) < 4.78 is 0. The summed E-state index contributed by atoms with van der Waals surface area (Å²) >= 11 is 0. The molecule has 1 aromatic rings. The van der Waals surface area contributed by atoms with Gasteiger partial charge in [0.25, 0.3) is 5.69 Å². The molecular formula is C13H19N4O5+. The number of nitro groups is 1. The molecule has 22 heavy (non-hydrogen) atoms. The van der Waals surface area contributed by atoms with Crippen LogP contribution in [0.3, 0.4) is 0 Å². The number of quaternary nitrogens is 2. The van der Waals surface area contributed by atoms with Gasteiger partial charge < -0.3 is 26.3 Å². The van der Waals surface area contributed by atoms with Crippen LogP contribution in [0, 0.1) is 17.0 Å². The molecule has 120 valence electrons. The average molecular weight is 311 g/mol. The van der Waals surface area contributed by atoms with Crippen molar-refractivity contribution in [2.75, 3.05) is 18.4 Å². The van der Waals surface area contributed by atoms with Crippen LogP contribution >= 0.6 is 0 Å². The Morgan fingerprint density at radius 2 is 2.14 bits per heavy atom. The minimum Gasteiger partial charge on any atom is -0.544 e. The van der Waals surface area contributed by atoms with Crippen LogP contribution in [0.1, 0.15) is 12.0 Å². The molecule has 0 aliphatic rings. The van der Waals surface area contributed by atoms with Crippen LogP contribution in [0.15, 0.2) is 18.2 Å². The van der Waals surface area contributed by atoms with Crippen LogP contribution in [0.5, 0.6) is 0 Å². The lowest BCUT2D eigenvalue weighted by atomic mass is 10.1. The van der Waals surface area contributed by atoms with E-state index in [1.165, 1.54) is 17.4 Å². The highest BCUT2D eigenvalue weighted by molar-refractivity contribution is 5.95. The van der Waals surface area contributed by atoms with Crippen molar-refractivity contribution in [3.8, 4) is 0 Å². The molecule has 1 amide bonds. The van der Waals surface area contributed by atoms with Gasteiger partial charge in [0.05, 0.1) is 17.3 Å². The Bertz CT molecular complexity index is 576. The maximum Gasteiger partial charge on any atom is 0.293 e. The van der Waals surface area contributed by atoms with Crippen molar-refractivity contribution in [3.05, 3.63) is 33.9 Å². The summed E-state index contributed by atoms with van der Waals surface area (Å²) in [6.07, 6.45) is -0.340. The molecule has 0 aromatic heterocycles. The van der Waals surface area contributed by atoms with Crippen LogP contribution in [0.4, 0.5) is 11.4 Å². The van der Waals surface area contributed by atoms with Gasteiger partial charge in [-0.3, -0.25) is 14.9 Å². The van der Waals surface area contributed by atoms with Gasteiger partial charge in [-0.15, -0.1) is 0 Å². The number of benzene rings is 1. The summed E-state index contributed by atoms with van der Waals surface area (Å²) in [5, 5.41) is 25.7. The van der Waals surface area contributed by atoms with Crippen molar-refractivity contribution >= 4 is 23.3 Å². The predicted molar refractivity (Wildman–Crippen MR) is 74.4 cm³/mol. The standard InChI is InChI=1S/C13H18N4O5/c1-8-2-3-9(11(6-8)17(21)22)16-12(18)7-10(13(19)20)15-5-4-14/h2-3,6,10,15H,4-5,7,14H2,1H3,(H,16,18)(H,19,20)/p+1/t10-/m1/s1. The van der Waals surface area contributed by atoms with Gasteiger partial charge in [0.2, 0.25) is 5.91 Å². The van der Waals surface area contributed by atoms with Crippen molar-refractivity contribution < 1.29 is 30.7 Å². The van der Waals surface area contributed by atoms with Gasteiger partial charge in [0.15, 0.2) is 0 Å². The molecule has 0 bridgehead atoms. The van der Waals surface area contributed by atoms with E-state index in [-0.39, 0.29) is 17.8 Å². The second-order valence-corrected chi connectivity index (χ2v) is 4.83. The fourth-order valence-corrected chi connectivity index (χ4v) is 1.88. The number of aliphatic carboxylic acids is 1. The number of carbonyl (C=O) groups excluding carboxylic acids is 2. The number of amides is 1. The Labute approximate surface area is 126 Å². The zero-order valence-electron chi connectivity index (χ0n) is 12.2. The predicted octanol–water partition coefficient (Wildman–Crippen LogP) is -2.84. The van der Waals surface area contributed by atoms with Crippen LogP contribution in [-0.2, 0) is 9.59 Å². The van der Waals surface area contributed by atoms with Gasteiger partial charge in [-0.2, -0.15) is 0 Å². The first-order chi connectivity index (χ1) is 10.3. The second-order valence-electron chi connectivity index (χ2n) is 4.83. The van der Waals surface area contributed by atoms with Crippen LogP contribution in [0.25, 0.3) is 0 Å². The van der Waals surface area contributed by atoms with Crippen molar-refractivity contribution in [3.63, 3.8) is 0 Å². The van der Waals surface area contributed by atoms with Gasteiger partial charge in [0, 0.05) is 6.07 Å². The van der Waals surface area contributed by atoms with Crippen molar-refractivity contribution in [1.29, 1.82) is 0 Å². The number of nitrogens with one attached hydrogen (secondary N) is 1. The summed E-state index contributed by atoms with van der Waals surface area (Å²) in [4.78, 5) is 33.2. The number of hydrogen-bond acceptors (Lipinski definition) is 5. The number of rotatable bonds is 8. The Kier molecular flexibility index (Phi) is 6.42. The molecule has 0 spiro atoms. The molecule has 9 heteroatoms. The van der Waals surface area contributed by atoms with E-state index in [1.807, 2.05) is 0 Å². The second kappa shape index (κ2) is 8.05. The van der Waals surface area contributed by atoms with Gasteiger partial charge in [-0.25, -0.2) is 0 Å². The number of carbonyl (C=O) groups is 2. The maximum atomic E-state index is 11.9. The highest BCUT2D eigenvalue weighted by atomic mass is 16.6. The van der Waals surface area contributed by atoms with E-state index in [9.17, 15) is 24.8 Å². The number of carboxylic acids is 1. The SMILES string of the molecule is Cc1ccc(NC(=O)C[C@@H]([NH2+]CC[NH3+])C(=O)[O-])c([N+](=O)[O-])c1. The third kappa shape index (κ3) is 5.11. The zero-order valence-corrected chi connectivity index (χ0v) is 12.2. The van der Waals surface area contributed by atoms with Gasteiger partial charge in [-0.05, 0) is 18.6 Å². The van der Waals surface area contributed by atoms with E-state index in [0.29, 0.717) is 18.7 Å². The van der Waals surface area contributed by atoms with Crippen molar-refractivity contribution in [1.82, 2.24) is 0 Å². The number of hydrogen-bond donors (Lipinski definition) is 3. The van der Waals surface area contributed by atoms with Crippen molar-refractivity contribution in [2.45, 2.75) is 19.4 Å². The first-order valence-electron chi connectivity index (χ1n) is 6.73. The largest absolute Gasteiger partial charge is 0.544 e. The Hall–Kier alpha value is -2.52. The molecule has 6 N–H and O–H groups in total. The minimum atomic E-state index is -1.36. The van der Waals surface area contributed by atoms with E-state index < -0.39 is 22.8 Å². The Balaban J connectivity index is 2.80. The monoisotopic (exact) mass is 311 g/mol. The number of nitrogens with zero attached hydrogens (tertiary/aromatic N) is 1. The van der Waals surface area contributed by atoms with E-state index in [0.717, 1.165) is 0 Å². The highest BCUT2D eigenvalue weighted by Crippen LogP contribution is 2.25. The van der Waals surface area contributed by atoms with E-state index >= 15 is 0 Å². The van der Waals surface area contributed by atoms with E-state index in [4.69, 9.17) is 0 Å². The molecule has 1 rings (SSSR count). The van der Waals surface area contributed by atoms with Gasteiger partial charge in [0.1, 0.15) is 24.8 Å². The molecule has 9 nitrogen and oxygen atoms in total. The van der Waals surface area contributed by atoms with Gasteiger partial charge >= 0.3 is 0 Å². The number of nitro benzene ring substituents is 1. The smallest absolute Gasteiger partial charge is 0.293 e. The topological polar surface area (TPSA) is 157 Å². The summed E-state index contributed by atoms with van der Waals surface area (Å²) in [5.41, 5.74) is 4.07. The number of nitrogens with two attached hydrogens (primary N) is 1. The average Bonchev–Trinajstić information content (AvgIpc) is 2.44. The molecule has 0 unspecified atom stereocenters. The molecule has 0 saturated carbocycles.